The molecule has 0 saturated heterocycles. The van der Waals surface area contributed by atoms with Gasteiger partial charge in [-0.1, -0.05) is 11.6 Å². The molecule has 0 aliphatic rings. The van der Waals surface area contributed by atoms with E-state index in [2.05, 4.69) is 5.32 Å². The molecule has 18 heavy (non-hydrogen) atoms. The zero-order chi connectivity index (χ0) is 13.1. The van der Waals surface area contributed by atoms with Crippen LogP contribution in [0.4, 0.5) is 5.69 Å². The number of benzene rings is 1. The number of carbonyl (C=O) groups excluding carboxylic acids is 1. The topological polar surface area (TPSA) is 66.4 Å². The molecule has 2 rings (SSSR count). The summed E-state index contributed by atoms with van der Waals surface area (Å²) in [6.07, 6.45) is 0. The zero-order valence-electron chi connectivity index (χ0n) is 9.64. The van der Waals surface area contributed by atoms with Gasteiger partial charge in [-0.2, -0.15) is 11.3 Å². The maximum atomic E-state index is 11.8. The molecule has 2 N–H and O–H groups in total. The van der Waals surface area contributed by atoms with Gasteiger partial charge < -0.3 is 10.4 Å². The molecule has 0 aliphatic heterocycles. The van der Waals surface area contributed by atoms with Gasteiger partial charge in [-0.3, -0.25) is 4.79 Å². The van der Waals surface area contributed by atoms with Gasteiger partial charge in [0.1, 0.15) is 0 Å². The highest BCUT2D eigenvalue weighted by atomic mass is 32.1. The summed E-state index contributed by atoms with van der Waals surface area (Å²) in [5, 5.41) is 15.2. The number of anilines is 1. The van der Waals surface area contributed by atoms with Gasteiger partial charge in [0.2, 0.25) is 0 Å². The van der Waals surface area contributed by atoms with Crippen LogP contribution in [-0.4, -0.2) is 17.0 Å². The number of hydrogen-bond donors (Lipinski definition) is 2. The van der Waals surface area contributed by atoms with Gasteiger partial charge in [0, 0.05) is 5.38 Å². The molecule has 0 saturated carbocycles. The molecule has 0 radical (unpaired) electrons. The number of aromatic carboxylic acids is 1. The molecule has 4 nitrogen and oxygen atoms in total. The lowest BCUT2D eigenvalue weighted by Crippen LogP contribution is -2.14. The third-order valence-corrected chi connectivity index (χ3v) is 3.12. The van der Waals surface area contributed by atoms with Gasteiger partial charge in [0.15, 0.2) is 0 Å². The fraction of sp³-hybridized carbons (Fsp3) is 0.0769. The first-order valence-electron chi connectivity index (χ1n) is 5.25. The van der Waals surface area contributed by atoms with Crippen LogP contribution in [-0.2, 0) is 0 Å². The fourth-order valence-electron chi connectivity index (χ4n) is 1.53. The van der Waals surface area contributed by atoms with Crippen molar-refractivity contribution in [2.24, 2.45) is 0 Å². The van der Waals surface area contributed by atoms with E-state index in [0.29, 0.717) is 11.3 Å². The molecule has 1 heterocycles. The monoisotopic (exact) mass is 261 g/mol. The van der Waals surface area contributed by atoms with Crippen LogP contribution < -0.4 is 5.32 Å². The van der Waals surface area contributed by atoms with Crippen LogP contribution in [0.25, 0.3) is 0 Å². The number of aryl methyl sites for hydroxylation is 1. The van der Waals surface area contributed by atoms with Gasteiger partial charge in [-0.05, 0) is 30.5 Å². The van der Waals surface area contributed by atoms with Crippen LogP contribution in [0.2, 0.25) is 0 Å². The van der Waals surface area contributed by atoms with Crippen molar-refractivity contribution in [3.63, 3.8) is 0 Å². The van der Waals surface area contributed by atoms with Crippen molar-refractivity contribution >= 4 is 28.9 Å². The minimum atomic E-state index is -1.06. The van der Waals surface area contributed by atoms with E-state index < -0.39 is 5.97 Å². The Morgan fingerprint density at radius 3 is 2.67 bits per heavy atom. The van der Waals surface area contributed by atoms with Gasteiger partial charge in [0.25, 0.3) is 5.91 Å². The molecule has 1 aromatic heterocycles. The Hall–Kier alpha value is -2.14. The van der Waals surface area contributed by atoms with E-state index in [1.54, 1.807) is 35.9 Å². The number of thiophene rings is 1. The number of carboxylic acid groups (broad SMARTS) is 1. The average Bonchev–Trinajstić information content (AvgIpc) is 2.84. The minimum Gasteiger partial charge on any atom is -0.478 e. The summed E-state index contributed by atoms with van der Waals surface area (Å²) in [7, 11) is 0. The summed E-state index contributed by atoms with van der Waals surface area (Å²) in [6, 6.07) is 6.58. The quantitative estimate of drug-likeness (QED) is 0.892. The van der Waals surface area contributed by atoms with Gasteiger partial charge >= 0.3 is 5.97 Å². The Labute approximate surface area is 108 Å². The first kappa shape index (κ1) is 12.3. The molecule has 92 valence electrons. The highest BCUT2D eigenvalue weighted by Gasteiger charge is 2.13. The van der Waals surface area contributed by atoms with E-state index in [-0.39, 0.29) is 11.5 Å². The highest BCUT2D eigenvalue weighted by Crippen LogP contribution is 2.19. The van der Waals surface area contributed by atoms with E-state index in [4.69, 9.17) is 5.11 Å². The fourth-order valence-corrected chi connectivity index (χ4v) is 2.17. The van der Waals surface area contributed by atoms with Crippen LogP contribution in [0.15, 0.2) is 35.0 Å². The average molecular weight is 261 g/mol. The SMILES string of the molecule is Cc1ccc(NC(=O)c2ccsc2)c(C(=O)O)c1. The second-order valence-corrected chi connectivity index (χ2v) is 4.60. The normalized spacial score (nSPS) is 10.1. The summed E-state index contributed by atoms with van der Waals surface area (Å²) in [4.78, 5) is 22.9. The molecule has 1 aromatic carbocycles. The Bertz CT molecular complexity index is 590. The predicted molar refractivity (Wildman–Crippen MR) is 70.4 cm³/mol. The van der Waals surface area contributed by atoms with Gasteiger partial charge in [-0.25, -0.2) is 4.79 Å². The molecule has 0 aliphatic carbocycles. The Balaban J connectivity index is 2.29. The first-order chi connectivity index (χ1) is 8.58. The molecular weight excluding hydrogens is 250 g/mol. The summed E-state index contributed by atoms with van der Waals surface area (Å²) < 4.78 is 0. The van der Waals surface area contributed by atoms with Crippen molar-refractivity contribution in [2.45, 2.75) is 6.92 Å². The standard InChI is InChI=1S/C13H11NO3S/c1-8-2-3-11(10(6-8)13(16)17)14-12(15)9-4-5-18-7-9/h2-7H,1H3,(H,14,15)(H,16,17). The summed E-state index contributed by atoms with van der Waals surface area (Å²) in [5.41, 5.74) is 1.76. The molecular formula is C13H11NO3S. The molecule has 0 atom stereocenters. The van der Waals surface area contributed by atoms with Gasteiger partial charge in [0.05, 0.1) is 16.8 Å². The summed E-state index contributed by atoms with van der Waals surface area (Å²) in [5.74, 6) is -1.36. The van der Waals surface area contributed by atoms with Crippen LogP contribution in [0.5, 0.6) is 0 Å². The highest BCUT2D eigenvalue weighted by molar-refractivity contribution is 7.08. The van der Waals surface area contributed by atoms with Crippen LogP contribution >= 0.6 is 11.3 Å². The Morgan fingerprint density at radius 1 is 1.28 bits per heavy atom. The molecule has 1 amide bonds. The van der Waals surface area contributed by atoms with Crippen LogP contribution in [0.1, 0.15) is 26.3 Å². The molecule has 5 heteroatoms. The molecule has 0 fully saturated rings. The Morgan fingerprint density at radius 2 is 2.06 bits per heavy atom. The smallest absolute Gasteiger partial charge is 0.337 e. The van der Waals surface area contributed by atoms with Crippen molar-refractivity contribution in [1.82, 2.24) is 0 Å². The summed E-state index contributed by atoms with van der Waals surface area (Å²) in [6.45, 7) is 1.80. The first-order valence-corrected chi connectivity index (χ1v) is 6.19. The number of carboxylic acids is 1. The number of amides is 1. The number of hydrogen-bond acceptors (Lipinski definition) is 3. The lowest BCUT2D eigenvalue weighted by molar-refractivity contribution is 0.0698. The number of rotatable bonds is 3. The molecule has 2 aromatic rings. The predicted octanol–water partition coefficient (Wildman–Crippen LogP) is 3.01. The Kier molecular flexibility index (Phi) is 3.43. The lowest BCUT2D eigenvalue weighted by Gasteiger charge is -2.08. The van der Waals surface area contributed by atoms with Gasteiger partial charge in [-0.15, -0.1) is 0 Å². The molecule has 0 spiro atoms. The van der Waals surface area contributed by atoms with E-state index in [1.807, 2.05) is 0 Å². The van der Waals surface area contributed by atoms with Crippen LogP contribution in [0, 0.1) is 6.92 Å². The zero-order valence-corrected chi connectivity index (χ0v) is 10.5. The van der Waals surface area contributed by atoms with E-state index in [9.17, 15) is 9.59 Å². The minimum absolute atomic E-state index is 0.0959. The third kappa shape index (κ3) is 2.57. The van der Waals surface area contributed by atoms with E-state index >= 15 is 0 Å². The van der Waals surface area contributed by atoms with E-state index in [0.717, 1.165) is 5.56 Å². The molecule has 0 unspecified atom stereocenters. The second kappa shape index (κ2) is 5.01. The molecule has 0 bridgehead atoms. The maximum Gasteiger partial charge on any atom is 0.337 e. The van der Waals surface area contributed by atoms with Crippen molar-refractivity contribution < 1.29 is 14.7 Å². The van der Waals surface area contributed by atoms with Crippen LogP contribution in [0.3, 0.4) is 0 Å². The van der Waals surface area contributed by atoms with E-state index in [1.165, 1.54) is 17.4 Å². The van der Waals surface area contributed by atoms with Crippen molar-refractivity contribution in [2.75, 3.05) is 5.32 Å². The van der Waals surface area contributed by atoms with Crippen molar-refractivity contribution in [3.05, 3.63) is 51.7 Å². The second-order valence-electron chi connectivity index (χ2n) is 3.82. The largest absolute Gasteiger partial charge is 0.478 e. The maximum absolute atomic E-state index is 11.8. The third-order valence-electron chi connectivity index (χ3n) is 2.44. The number of carbonyl (C=O) groups is 2. The van der Waals surface area contributed by atoms with Crippen molar-refractivity contribution in [3.8, 4) is 0 Å². The number of nitrogens with one attached hydrogen (secondary N) is 1. The lowest BCUT2D eigenvalue weighted by atomic mass is 10.1. The van der Waals surface area contributed by atoms with Crippen molar-refractivity contribution in [1.29, 1.82) is 0 Å². The summed E-state index contributed by atoms with van der Waals surface area (Å²) >= 11 is 1.41.